The molecule has 8 N–H and O–H groups in total. The number of benzene rings is 1. The summed E-state index contributed by atoms with van der Waals surface area (Å²) >= 11 is 0. The molecule has 1 aliphatic rings. The van der Waals surface area contributed by atoms with Crippen molar-refractivity contribution in [3.05, 3.63) is 35.9 Å². The van der Waals surface area contributed by atoms with Crippen molar-refractivity contribution in [1.82, 2.24) is 5.48 Å². The van der Waals surface area contributed by atoms with Crippen molar-refractivity contribution in [2.75, 3.05) is 19.8 Å². The van der Waals surface area contributed by atoms with Crippen LogP contribution < -0.4 is 11.4 Å². The first-order valence-electron chi connectivity index (χ1n) is 22.5. The molecule has 9 nitrogen and oxygen atoms in total. The van der Waals surface area contributed by atoms with E-state index in [2.05, 4.69) is 29.5 Å². The van der Waals surface area contributed by atoms with Crippen LogP contribution in [0.5, 0.6) is 0 Å². The van der Waals surface area contributed by atoms with Crippen molar-refractivity contribution in [2.45, 2.75) is 224 Å². The molecule has 2 rings (SSSR count). The predicted octanol–water partition coefficient (Wildman–Crippen LogP) is 9.00. The molecule has 1 saturated carbocycles. The molecule has 9 heteroatoms. The fourth-order valence-corrected chi connectivity index (χ4v) is 7.52. The van der Waals surface area contributed by atoms with Gasteiger partial charge in [0.25, 0.3) is 0 Å². The number of unbranched alkanes of at least 4 members (excludes halogenated alkanes) is 23. The van der Waals surface area contributed by atoms with Crippen LogP contribution in [0.15, 0.2) is 30.3 Å². The lowest BCUT2D eigenvalue weighted by atomic mass is 9.81. The largest absolute Gasteiger partial charge is 0.396 e. The number of nitrogens with one attached hydrogen (secondary N) is 1. The van der Waals surface area contributed by atoms with Crippen LogP contribution in [0.25, 0.3) is 0 Å². The standard InChI is InChI=1S/C25H54N2O.C20H32O6/c1-2-3-4-5-6-7-8-9-10-11-12-13-14-15-16-17-18-19-20-21-22-23-24-25-27-28-26;21-13-15-12-17(19(24)20(25)18(15)23)26-11-10-16(22)9-5-4-8-14-6-2-1-3-7-14/h27H,2-26H2,1H3;1-3,6-7,15-25H,4-5,8-13H2. The van der Waals surface area contributed by atoms with E-state index in [1.165, 1.54) is 147 Å². The molecule has 54 heavy (non-hydrogen) atoms. The predicted molar refractivity (Wildman–Crippen MR) is 223 cm³/mol. The molecule has 1 aromatic carbocycles. The number of hydroxylamine groups is 1. The van der Waals surface area contributed by atoms with Crippen molar-refractivity contribution in [3.63, 3.8) is 0 Å². The van der Waals surface area contributed by atoms with Gasteiger partial charge in [-0.1, -0.05) is 185 Å². The first-order chi connectivity index (χ1) is 26.4. The number of aliphatic hydroxyl groups is 5. The molecule has 0 bridgehead atoms. The van der Waals surface area contributed by atoms with E-state index in [0.29, 0.717) is 12.8 Å². The van der Waals surface area contributed by atoms with Gasteiger partial charge in [-0.15, -0.1) is 0 Å². The van der Waals surface area contributed by atoms with Crippen molar-refractivity contribution < 1.29 is 35.2 Å². The minimum Gasteiger partial charge on any atom is -0.396 e. The monoisotopic (exact) mass is 767 g/mol. The van der Waals surface area contributed by atoms with Gasteiger partial charge in [-0.25, -0.2) is 4.94 Å². The van der Waals surface area contributed by atoms with Gasteiger partial charge in [0.05, 0.1) is 18.3 Å². The van der Waals surface area contributed by atoms with Gasteiger partial charge in [0, 0.05) is 25.7 Å². The number of aliphatic hydroxyl groups excluding tert-OH is 5. The smallest absolute Gasteiger partial charge is 0.109 e. The minimum absolute atomic E-state index is 0.266. The maximum Gasteiger partial charge on any atom is 0.109 e. The summed E-state index contributed by atoms with van der Waals surface area (Å²) in [5, 5.41) is 48.9. The average Bonchev–Trinajstić information content (AvgIpc) is 3.19. The first kappa shape index (κ1) is 50.9. The summed E-state index contributed by atoms with van der Waals surface area (Å²) in [7, 11) is 0. The van der Waals surface area contributed by atoms with Crippen molar-refractivity contribution in [1.29, 1.82) is 0 Å². The molecule has 0 amide bonds. The molecule has 6 atom stereocenters. The Balaban J connectivity index is 0.000000541. The molecule has 1 fully saturated rings. The van der Waals surface area contributed by atoms with Gasteiger partial charge in [-0.3, -0.25) is 0 Å². The van der Waals surface area contributed by atoms with E-state index < -0.39 is 36.4 Å². The van der Waals surface area contributed by atoms with Crippen molar-refractivity contribution >= 4 is 0 Å². The lowest BCUT2D eigenvalue weighted by molar-refractivity contribution is -0.179. The molecule has 1 aliphatic carbocycles. The Labute approximate surface area is 331 Å². The molecule has 0 aliphatic heterocycles. The highest BCUT2D eigenvalue weighted by atomic mass is 16.8. The zero-order valence-electron chi connectivity index (χ0n) is 34.6. The Bertz CT molecular complexity index is 870. The Morgan fingerprint density at radius 2 is 1.11 bits per heavy atom. The van der Waals surface area contributed by atoms with Crippen LogP contribution in [0.2, 0.25) is 0 Å². The minimum atomic E-state index is -1.33. The molecular formula is C45H86N2O7. The topological polar surface area (TPSA) is 158 Å². The molecule has 0 spiro atoms. The van der Waals surface area contributed by atoms with Crippen LogP contribution in [0.4, 0.5) is 0 Å². The van der Waals surface area contributed by atoms with Gasteiger partial charge in [0.15, 0.2) is 0 Å². The molecule has 318 valence electrons. The number of hydrogen-bond acceptors (Lipinski definition) is 9. The van der Waals surface area contributed by atoms with Crippen LogP contribution in [-0.2, 0) is 16.1 Å². The number of aryl methyl sites for hydroxylation is 1. The normalized spacial score (nSPS) is 20.5. The van der Waals surface area contributed by atoms with Crippen molar-refractivity contribution in [2.24, 2.45) is 11.8 Å². The number of rotatable bonds is 35. The first-order valence-corrected chi connectivity index (χ1v) is 22.5. The second-order valence-electron chi connectivity index (χ2n) is 16.0. The summed E-state index contributed by atoms with van der Waals surface area (Å²) in [6.45, 7) is 3.17. The van der Waals surface area contributed by atoms with Crippen LogP contribution >= 0.6 is 0 Å². The quantitative estimate of drug-likeness (QED) is 0.0265. The van der Waals surface area contributed by atoms with Crippen LogP contribution in [-0.4, -0.2) is 75.8 Å². The van der Waals surface area contributed by atoms with E-state index >= 15 is 0 Å². The lowest BCUT2D eigenvalue weighted by Gasteiger charge is -2.39. The fraction of sp³-hybridized carbons (Fsp3) is 0.867. The summed E-state index contributed by atoms with van der Waals surface area (Å²) < 4.78 is 5.60. The van der Waals surface area contributed by atoms with E-state index in [1.54, 1.807) is 0 Å². The molecule has 1 aromatic rings. The van der Waals surface area contributed by atoms with Gasteiger partial charge in [0.2, 0.25) is 0 Å². The van der Waals surface area contributed by atoms with Crippen LogP contribution in [0, 0.1) is 5.92 Å². The number of nitrogens with two attached hydrogens (primary N) is 1. The number of ether oxygens (including phenoxy) is 1. The highest BCUT2D eigenvalue weighted by Gasteiger charge is 2.42. The van der Waals surface area contributed by atoms with Crippen LogP contribution in [0.3, 0.4) is 0 Å². The SMILES string of the molecule is CCCCCCCCCCCCCCCCCCCCCCCCCNON.OCC1CC(OCCC(O)CCCCc2ccccc2)C(O)C(O)C1O. The zero-order chi connectivity index (χ0) is 39.3. The van der Waals surface area contributed by atoms with Gasteiger partial charge in [-0.05, 0) is 44.1 Å². The van der Waals surface area contributed by atoms with Gasteiger partial charge < -0.3 is 30.3 Å². The van der Waals surface area contributed by atoms with E-state index in [0.717, 1.165) is 32.2 Å². The summed E-state index contributed by atoms with van der Waals surface area (Å²) in [5.41, 5.74) is 3.99. The summed E-state index contributed by atoms with van der Waals surface area (Å²) in [5.74, 6) is 4.40. The van der Waals surface area contributed by atoms with Crippen LogP contribution in [0.1, 0.15) is 192 Å². The summed E-state index contributed by atoms with van der Waals surface area (Å²) in [4.78, 5) is 4.34. The Morgan fingerprint density at radius 1 is 0.630 bits per heavy atom. The molecule has 0 heterocycles. The molecule has 0 aromatic heterocycles. The van der Waals surface area contributed by atoms with Gasteiger partial charge in [0.1, 0.15) is 12.2 Å². The lowest BCUT2D eigenvalue weighted by Crippen LogP contribution is -2.55. The van der Waals surface area contributed by atoms with E-state index in [-0.39, 0.29) is 19.6 Å². The third kappa shape index (κ3) is 28.3. The third-order valence-corrected chi connectivity index (χ3v) is 11.2. The summed E-state index contributed by atoms with van der Waals surface area (Å²) in [6, 6.07) is 10.3. The maximum absolute atomic E-state index is 10.1. The Hall–Kier alpha value is -1.14. The van der Waals surface area contributed by atoms with Gasteiger partial charge >= 0.3 is 0 Å². The Morgan fingerprint density at radius 3 is 1.57 bits per heavy atom. The highest BCUT2D eigenvalue weighted by Crippen LogP contribution is 2.28. The second kappa shape index (κ2) is 37.4. The highest BCUT2D eigenvalue weighted by molar-refractivity contribution is 5.14. The van der Waals surface area contributed by atoms with E-state index in [9.17, 15) is 25.5 Å². The van der Waals surface area contributed by atoms with Crippen molar-refractivity contribution in [3.8, 4) is 0 Å². The Kier molecular flexibility index (Phi) is 35.3. The third-order valence-electron chi connectivity index (χ3n) is 11.2. The molecule has 6 unspecified atom stereocenters. The zero-order valence-corrected chi connectivity index (χ0v) is 34.6. The average molecular weight is 767 g/mol. The number of hydrogen-bond donors (Lipinski definition) is 7. The summed E-state index contributed by atoms with van der Waals surface area (Å²) in [6.07, 6.45) is 32.5. The van der Waals surface area contributed by atoms with E-state index in [1.807, 2.05) is 18.2 Å². The maximum atomic E-state index is 10.1. The fourth-order valence-electron chi connectivity index (χ4n) is 7.52. The molecule has 0 radical (unpaired) electrons. The molecule has 0 saturated heterocycles. The molecular weight excluding hydrogens is 681 g/mol. The second-order valence-corrected chi connectivity index (χ2v) is 16.0. The van der Waals surface area contributed by atoms with E-state index in [4.69, 9.17) is 10.6 Å². The van der Waals surface area contributed by atoms with Gasteiger partial charge in [-0.2, -0.15) is 11.4 Å².